The van der Waals surface area contributed by atoms with Crippen molar-refractivity contribution in [1.29, 1.82) is 0 Å². The van der Waals surface area contributed by atoms with Crippen LogP contribution < -0.4 is 10.9 Å². The third-order valence-corrected chi connectivity index (χ3v) is 6.24. The van der Waals surface area contributed by atoms with Gasteiger partial charge in [-0.15, -0.1) is 21.5 Å². The summed E-state index contributed by atoms with van der Waals surface area (Å²) >= 11 is 1.45. The van der Waals surface area contributed by atoms with Gasteiger partial charge in [0.25, 0.3) is 5.56 Å². The highest BCUT2D eigenvalue weighted by molar-refractivity contribution is 7.17. The molecule has 0 aliphatic rings. The number of fused-ring (bicyclic) bond motifs is 3. The molecule has 1 aromatic carbocycles. The molecule has 0 radical (unpaired) electrons. The van der Waals surface area contributed by atoms with Crippen LogP contribution in [-0.2, 0) is 24.3 Å². The second-order valence-corrected chi connectivity index (χ2v) is 9.06. The molecule has 31 heavy (non-hydrogen) atoms. The predicted octanol–water partition coefficient (Wildman–Crippen LogP) is 3.79. The minimum atomic E-state index is -0.00242. The van der Waals surface area contributed by atoms with Gasteiger partial charge >= 0.3 is 0 Å². The standard InChI is InChI=1S/C23H27N5O2S/c1-16(2)11-13-27-22(30)21-18(12-14-31-21)28-19(25-26-23(27)28)9-6-10-20(29)24-15-17-7-4-3-5-8-17/h3-5,7-8,12,14,16H,6,9-11,13,15H2,1-2H3,(H,24,29). The summed E-state index contributed by atoms with van der Waals surface area (Å²) in [6.07, 6.45) is 2.60. The van der Waals surface area contributed by atoms with Crippen LogP contribution in [0.5, 0.6) is 0 Å². The number of hydrogen-bond acceptors (Lipinski definition) is 5. The van der Waals surface area contributed by atoms with E-state index in [-0.39, 0.29) is 11.5 Å². The Kier molecular flexibility index (Phi) is 6.46. The molecule has 162 valence electrons. The number of amides is 1. The van der Waals surface area contributed by atoms with E-state index in [1.165, 1.54) is 11.3 Å². The molecule has 8 heteroatoms. The van der Waals surface area contributed by atoms with E-state index in [9.17, 15) is 9.59 Å². The number of carbonyl (C=O) groups is 1. The maximum atomic E-state index is 13.0. The van der Waals surface area contributed by atoms with Gasteiger partial charge in [-0.1, -0.05) is 44.2 Å². The van der Waals surface area contributed by atoms with Crippen LogP contribution in [0.2, 0.25) is 0 Å². The van der Waals surface area contributed by atoms with Crippen LogP contribution in [0.4, 0.5) is 0 Å². The number of nitrogens with one attached hydrogen (secondary N) is 1. The first kappa shape index (κ1) is 21.2. The van der Waals surface area contributed by atoms with Crippen molar-refractivity contribution in [3.05, 3.63) is 63.5 Å². The van der Waals surface area contributed by atoms with Crippen molar-refractivity contribution in [2.24, 2.45) is 5.92 Å². The van der Waals surface area contributed by atoms with Crippen LogP contribution in [0, 0.1) is 5.92 Å². The zero-order chi connectivity index (χ0) is 21.8. The van der Waals surface area contributed by atoms with Gasteiger partial charge in [-0.3, -0.25) is 18.6 Å². The minimum Gasteiger partial charge on any atom is -0.352 e. The van der Waals surface area contributed by atoms with Gasteiger partial charge in [-0.25, -0.2) is 0 Å². The molecule has 0 fully saturated rings. The molecule has 7 nitrogen and oxygen atoms in total. The smallest absolute Gasteiger partial charge is 0.272 e. The van der Waals surface area contributed by atoms with Gasteiger partial charge in [0.05, 0.1) is 5.52 Å². The van der Waals surface area contributed by atoms with Crippen LogP contribution in [0.15, 0.2) is 46.6 Å². The Morgan fingerprint density at radius 1 is 1.16 bits per heavy atom. The van der Waals surface area contributed by atoms with E-state index in [4.69, 9.17) is 0 Å². The van der Waals surface area contributed by atoms with Crippen molar-refractivity contribution in [1.82, 2.24) is 24.5 Å². The molecule has 1 N–H and O–H groups in total. The van der Waals surface area contributed by atoms with Crippen molar-refractivity contribution >= 4 is 33.2 Å². The van der Waals surface area contributed by atoms with Crippen molar-refractivity contribution in [2.75, 3.05) is 0 Å². The summed E-state index contributed by atoms with van der Waals surface area (Å²) in [5, 5.41) is 13.6. The number of carbonyl (C=O) groups excluding carboxylic acids is 1. The summed E-state index contributed by atoms with van der Waals surface area (Å²) in [4.78, 5) is 25.2. The average molecular weight is 438 g/mol. The Balaban J connectivity index is 1.48. The Bertz CT molecular complexity index is 1240. The first-order valence-corrected chi connectivity index (χ1v) is 11.6. The van der Waals surface area contributed by atoms with Gasteiger partial charge < -0.3 is 5.32 Å². The lowest BCUT2D eigenvalue weighted by atomic mass is 10.1. The molecule has 4 rings (SSSR count). The lowest BCUT2D eigenvalue weighted by Gasteiger charge is -2.11. The van der Waals surface area contributed by atoms with Gasteiger partial charge in [-0.05, 0) is 35.8 Å². The molecule has 0 atom stereocenters. The summed E-state index contributed by atoms with van der Waals surface area (Å²) in [5.74, 6) is 1.88. The molecule has 3 heterocycles. The summed E-state index contributed by atoms with van der Waals surface area (Å²) < 4.78 is 4.44. The molecule has 3 aromatic heterocycles. The maximum Gasteiger partial charge on any atom is 0.272 e. The van der Waals surface area contributed by atoms with E-state index >= 15 is 0 Å². The lowest BCUT2D eigenvalue weighted by molar-refractivity contribution is -0.121. The fourth-order valence-electron chi connectivity index (χ4n) is 3.62. The van der Waals surface area contributed by atoms with Crippen molar-refractivity contribution in [3.63, 3.8) is 0 Å². The molecular weight excluding hydrogens is 410 g/mol. The fraction of sp³-hybridized carbons (Fsp3) is 0.391. The highest BCUT2D eigenvalue weighted by Crippen LogP contribution is 2.21. The number of thiophene rings is 1. The molecule has 0 saturated carbocycles. The average Bonchev–Trinajstić information content (AvgIpc) is 3.40. The zero-order valence-corrected chi connectivity index (χ0v) is 18.7. The molecule has 0 bridgehead atoms. The van der Waals surface area contributed by atoms with Crippen LogP contribution in [0.3, 0.4) is 0 Å². The van der Waals surface area contributed by atoms with E-state index in [2.05, 4.69) is 29.4 Å². The van der Waals surface area contributed by atoms with Gasteiger partial charge in [0.15, 0.2) is 0 Å². The highest BCUT2D eigenvalue weighted by atomic mass is 32.1. The Morgan fingerprint density at radius 3 is 2.74 bits per heavy atom. The Hall–Kier alpha value is -3.00. The summed E-state index contributed by atoms with van der Waals surface area (Å²) in [7, 11) is 0. The molecule has 0 unspecified atom stereocenters. The Morgan fingerprint density at radius 2 is 1.97 bits per heavy atom. The topological polar surface area (TPSA) is 81.3 Å². The maximum absolute atomic E-state index is 13.0. The van der Waals surface area contributed by atoms with E-state index in [1.807, 2.05) is 46.2 Å². The van der Waals surface area contributed by atoms with Gasteiger partial charge in [0.2, 0.25) is 11.7 Å². The van der Waals surface area contributed by atoms with Crippen LogP contribution in [-0.4, -0.2) is 25.1 Å². The van der Waals surface area contributed by atoms with E-state index in [1.54, 1.807) is 4.57 Å². The number of rotatable bonds is 9. The second-order valence-electron chi connectivity index (χ2n) is 8.14. The largest absolute Gasteiger partial charge is 0.352 e. The van der Waals surface area contributed by atoms with Crippen LogP contribution >= 0.6 is 11.3 Å². The van der Waals surface area contributed by atoms with E-state index in [0.29, 0.717) is 44.0 Å². The number of aryl methyl sites for hydroxylation is 2. The monoisotopic (exact) mass is 437 g/mol. The van der Waals surface area contributed by atoms with E-state index in [0.717, 1.165) is 28.0 Å². The van der Waals surface area contributed by atoms with Crippen LogP contribution in [0.1, 0.15) is 44.5 Å². The third-order valence-electron chi connectivity index (χ3n) is 5.35. The highest BCUT2D eigenvalue weighted by Gasteiger charge is 2.17. The van der Waals surface area contributed by atoms with Gasteiger partial charge in [0, 0.05) is 25.9 Å². The van der Waals surface area contributed by atoms with Crippen molar-refractivity contribution in [2.45, 2.75) is 52.6 Å². The number of aromatic nitrogens is 4. The molecule has 1 amide bonds. The molecule has 0 aliphatic heterocycles. The quantitative estimate of drug-likeness (QED) is 0.432. The number of nitrogens with zero attached hydrogens (tertiary/aromatic N) is 4. The number of hydrogen-bond donors (Lipinski definition) is 1. The first-order valence-electron chi connectivity index (χ1n) is 10.7. The predicted molar refractivity (Wildman–Crippen MR) is 123 cm³/mol. The van der Waals surface area contributed by atoms with Gasteiger partial charge in [0.1, 0.15) is 10.5 Å². The normalized spacial score (nSPS) is 11.6. The fourth-order valence-corrected chi connectivity index (χ4v) is 4.45. The Labute approximate surface area is 184 Å². The molecule has 0 spiro atoms. The van der Waals surface area contributed by atoms with Gasteiger partial charge in [-0.2, -0.15) is 0 Å². The third kappa shape index (κ3) is 4.69. The molecule has 4 aromatic rings. The number of benzene rings is 1. The zero-order valence-electron chi connectivity index (χ0n) is 17.9. The van der Waals surface area contributed by atoms with E-state index < -0.39 is 0 Å². The van der Waals surface area contributed by atoms with Crippen molar-refractivity contribution < 1.29 is 4.79 Å². The van der Waals surface area contributed by atoms with Crippen LogP contribution in [0.25, 0.3) is 16.0 Å². The molecule has 0 saturated heterocycles. The first-order chi connectivity index (χ1) is 15.0. The summed E-state index contributed by atoms with van der Waals surface area (Å²) in [6.45, 7) is 5.44. The second kappa shape index (κ2) is 9.43. The SMILES string of the molecule is CC(C)CCn1c(=O)c2sccc2n2c(CCCC(=O)NCc3ccccc3)nnc12. The van der Waals surface area contributed by atoms with Crippen molar-refractivity contribution in [3.8, 4) is 0 Å². The molecular formula is C23H27N5O2S. The minimum absolute atomic E-state index is 0.00242. The lowest BCUT2D eigenvalue weighted by Crippen LogP contribution is -2.23. The summed E-state index contributed by atoms with van der Waals surface area (Å²) in [6, 6.07) is 11.8. The summed E-state index contributed by atoms with van der Waals surface area (Å²) in [5.41, 5.74) is 1.93. The molecule has 0 aliphatic carbocycles.